The van der Waals surface area contributed by atoms with Crippen molar-refractivity contribution in [1.82, 2.24) is 0 Å². The molecular weight excluding hydrogens is 472 g/mol. The van der Waals surface area contributed by atoms with E-state index in [1.165, 1.54) is 19.6 Å². The fraction of sp³-hybridized carbons (Fsp3) is 0.654. The summed E-state index contributed by atoms with van der Waals surface area (Å²) in [7, 11) is 1.28. The van der Waals surface area contributed by atoms with Crippen LogP contribution in [-0.4, -0.2) is 48.0 Å². The van der Waals surface area contributed by atoms with E-state index in [4.69, 9.17) is 23.7 Å². The number of Topliss-reactive ketones (excluding diaryl/α,β-unsaturated/α-hetero) is 1. The van der Waals surface area contributed by atoms with Crippen LogP contribution in [-0.2, 0) is 38.2 Å². The number of carbonyl (C=O) groups is 5. The molecule has 3 aliphatic rings. The normalized spacial score (nSPS) is 35.7. The first-order valence-electron chi connectivity index (χ1n) is 12.3. The van der Waals surface area contributed by atoms with Gasteiger partial charge in [0.05, 0.1) is 31.5 Å². The highest BCUT2D eigenvalue weighted by molar-refractivity contribution is 5.93. The molecule has 3 fully saturated rings. The number of hydrogen-bond acceptors (Lipinski definition) is 9. The Morgan fingerprint density at radius 2 is 1.92 bits per heavy atom. The standard InChI is InChI=1S/C26H32O10/c1-25-9-7-15-24(32)36-18(14-8-10-34-13-14)12-26(15,2)22(25)21(30)17(11-16(25)23(31)33-3)35-20(29)6-4-5-19(27)28/h8,10,13,15-18,22H,4-7,9,11-12H2,1-3H3,(H,27,28)/t15-,16-,17-,18-,22-,25-,26-/m0/s1. The van der Waals surface area contributed by atoms with Gasteiger partial charge in [0.15, 0.2) is 11.9 Å². The first kappa shape index (κ1) is 25.9. The van der Waals surface area contributed by atoms with Crippen molar-refractivity contribution in [3.8, 4) is 0 Å². The van der Waals surface area contributed by atoms with Gasteiger partial charge in [0.1, 0.15) is 6.10 Å². The van der Waals surface area contributed by atoms with Crippen molar-refractivity contribution in [1.29, 1.82) is 0 Å². The number of cyclic esters (lactones) is 1. The van der Waals surface area contributed by atoms with E-state index in [-0.39, 0.29) is 31.5 Å². The second kappa shape index (κ2) is 9.71. The molecule has 2 aliphatic carbocycles. The van der Waals surface area contributed by atoms with Crippen LogP contribution >= 0.6 is 0 Å². The third kappa shape index (κ3) is 4.41. The molecule has 0 unspecified atom stereocenters. The first-order valence-corrected chi connectivity index (χ1v) is 12.3. The van der Waals surface area contributed by atoms with Gasteiger partial charge in [0.25, 0.3) is 0 Å². The molecule has 0 spiro atoms. The number of carboxylic acid groups (broad SMARTS) is 1. The molecule has 4 rings (SSSR count). The summed E-state index contributed by atoms with van der Waals surface area (Å²) in [6, 6.07) is 1.71. The maximum absolute atomic E-state index is 14.0. The van der Waals surface area contributed by atoms with Gasteiger partial charge in [-0.2, -0.15) is 0 Å². The van der Waals surface area contributed by atoms with Crippen molar-refractivity contribution >= 4 is 29.7 Å². The van der Waals surface area contributed by atoms with Crippen molar-refractivity contribution in [2.75, 3.05) is 7.11 Å². The smallest absolute Gasteiger partial charge is 0.310 e. The fourth-order valence-electron chi connectivity index (χ4n) is 6.86. The van der Waals surface area contributed by atoms with E-state index in [1.54, 1.807) is 6.07 Å². The Morgan fingerprint density at radius 1 is 1.17 bits per heavy atom. The van der Waals surface area contributed by atoms with Gasteiger partial charge in [-0.05, 0) is 42.6 Å². The van der Waals surface area contributed by atoms with Crippen molar-refractivity contribution in [2.24, 2.45) is 28.6 Å². The minimum atomic E-state index is -1.19. The van der Waals surface area contributed by atoms with Gasteiger partial charge in [-0.15, -0.1) is 0 Å². The molecule has 1 aromatic rings. The topological polar surface area (TPSA) is 146 Å². The molecule has 0 amide bonds. The van der Waals surface area contributed by atoms with E-state index in [0.29, 0.717) is 24.8 Å². The minimum absolute atomic E-state index is 0.0144. The zero-order chi connectivity index (χ0) is 26.3. The van der Waals surface area contributed by atoms with E-state index < -0.39 is 64.7 Å². The maximum atomic E-state index is 14.0. The van der Waals surface area contributed by atoms with Gasteiger partial charge in [0.2, 0.25) is 0 Å². The Balaban J connectivity index is 1.67. The Labute approximate surface area is 208 Å². The van der Waals surface area contributed by atoms with Crippen LogP contribution in [0.4, 0.5) is 0 Å². The molecule has 1 N–H and O–H groups in total. The van der Waals surface area contributed by atoms with Gasteiger partial charge >= 0.3 is 23.9 Å². The average Bonchev–Trinajstić information content (AvgIpc) is 3.34. The van der Waals surface area contributed by atoms with Gasteiger partial charge < -0.3 is 23.7 Å². The number of aliphatic carboxylic acids is 1. The number of esters is 3. The summed E-state index contributed by atoms with van der Waals surface area (Å²) in [6.45, 7) is 3.77. The summed E-state index contributed by atoms with van der Waals surface area (Å²) in [5.41, 5.74) is -0.980. The van der Waals surface area contributed by atoms with Crippen LogP contribution in [0.1, 0.15) is 70.5 Å². The minimum Gasteiger partial charge on any atom is -0.481 e. The lowest BCUT2D eigenvalue weighted by atomic mass is 9.43. The SMILES string of the molecule is COC(=O)[C@@H]1C[C@H](OC(=O)CCCC(=O)O)C(=O)[C@H]2[C@@]1(C)CC[C@H]1C(=O)O[C@H](c3ccoc3)C[C@]21C. The number of ketones is 1. The zero-order valence-electron chi connectivity index (χ0n) is 20.7. The summed E-state index contributed by atoms with van der Waals surface area (Å²) in [4.78, 5) is 63.3. The number of carboxylic acids is 1. The van der Waals surface area contributed by atoms with Gasteiger partial charge in [-0.25, -0.2) is 0 Å². The zero-order valence-corrected chi connectivity index (χ0v) is 20.7. The fourth-order valence-corrected chi connectivity index (χ4v) is 6.86. The lowest BCUT2D eigenvalue weighted by Gasteiger charge is -2.61. The van der Waals surface area contributed by atoms with E-state index in [1.807, 2.05) is 13.8 Å². The second-order valence-electron chi connectivity index (χ2n) is 10.7. The van der Waals surface area contributed by atoms with Crippen LogP contribution in [0.15, 0.2) is 23.0 Å². The molecule has 1 aliphatic heterocycles. The lowest BCUT2D eigenvalue weighted by molar-refractivity contribution is -0.210. The van der Waals surface area contributed by atoms with Crippen LogP contribution in [0, 0.1) is 28.6 Å². The van der Waals surface area contributed by atoms with E-state index >= 15 is 0 Å². The monoisotopic (exact) mass is 504 g/mol. The van der Waals surface area contributed by atoms with Gasteiger partial charge in [0, 0.05) is 30.7 Å². The maximum Gasteiger partial charge on any atom is 0.310 e. The second-order valence-corrected chi connectivity index (χ2v) is 10.7. The number of rotatable bonds is 7. The van der Waals surface area contributed by atoms with Crippen LogP contribution in [0.25, 0.3) is 0 Å². The predicted octanol–water partition coefficient (Wildman–Crippen LogP) is 3.24. The van der Waals surface area contributed by atoms with Crippen LogP contribution < -0.4 is 0 Å². The molecule has 36 heavy (non-hydrogen) atoms. The lowest BCUT2D eigenvalue weighted by Crippen LogP contribution is -2.64. The Morgan fingerprint density at radius 3 is 2.56 bits per heavy atom. The Hall–Kier alpha value is -3.17. The van der Waals surface area contributed by atoms with Crippen LogP contribution in [0.5, 0.6) is 0 Å². The molecule has 0 radical (unpaired) electrons. The Bertz CT molecular complexity index is 1050. The van der Waals surface area contributed by atoms with E-state index in [9.17, 15) is 24.0 Å². The predicted molar refractivity (Wildman–Crippen MR) is 121 cm³/mol. The number of fused-ring (bicyclic) bond motifs is 3. The molecule has 2 heterocycles. The molecule has 0 bridgehead atoms. The quantitative estimate of drug-likeness (QED) is 0.433. The summed E-state index contributed by atoms with van der Waals surface area (Å²) in [6.07, 6.45) is 2.15. The van der Waals surface area contributed by atoms with Crippen molar-refractivity contribution < 1.29 is 47.7 Å². The molecule has 1 saturated heterocycles. The van der Waals surface area contributed by atoms with Crippen molar-refractivity contribution in [3.05, 3.63) is 24.2 Å². The molecule has 7 atom stereocenters. The summed E-state index contributed by atoms with van der Waals surface area (Å²) < 4.78 is 21.5. The van der Waals surface area contributed by atoms with Crippen LogP contribution in [0.2, 0.25) is 0 Å². The van der Waals surface area contributed by atoms with Gasteiger partial charge in [-0.1, -0.05) is 13.8 Å². The molecular formula is C26H32O10. The third-order valence-corrected chi connectivity index (χ3v) is 8.55. The van der Waals surface area contributed by atoms with Crippen LogP contribution in [0.3, 0.4) is 0 Å². The molecule has 0 aromatic carbocycles. The molecule has 10 heteroatoms. The van der Waals surface area contributed by atoms with Crippen molar-refractivity contribution in [3.63, 3.8) is 0 Å². The van der Waals surface area contributed by atoms with E-state index in [2.05, 4.69) is 0 Å². The highest BCUT2D eigenvalue weighted by atomic mass is 16.6. The molecule has 1 aromatic heterocycles. The van der Waals surface area contributed by atoms with Gasteiger partial charge in [-0.3, -0.25) is 24.0 Å². The molecule has 2 saturated carbocycles. The summed E-state index contributed by atoms with van der Waals surface area (Å²) in [5, 5.41) is 8.82. The van der Waals surface area contributed by atoms with Crippen molar-refractivity contribution in [2.45, 2.75) is 71.0 Å². The summed E-state index contributed by atoms with van der Waals surface area (Å²) in [5.74, 6) is -4.97. The highest BCUT2D eigenvalue weighted by Gasteiger charge is 2.67. The van der Waals surface area contributed by atoms with E-state index in [0.717, 1.165) is 0 Å². The summed E-state index contributed by atoms with van der Waals surface area (Å²) >= 11 is 0. The Kier molecular flexibility index (Phi) is 6.99. The third-order valence-electron chi connectivity index (χ3n) is 8.55. The number of furan rings is 1. The highest BCUT2D eigenvalue weighted by Crippen LogP contribution is 2.65. The largest absolute Gasteiger partial charge is 0.481 e. The number of methoxy groups -OCH3 is 1. The molecule has 10 nitrogen and oxygen atoms in total. The number of carbonyl (C=O) groups excluding carboxylic acids is 4. The first-order chi connectivity index (χ1) is 17.0. The average molecular weight is 505 g/mol. The number of hydrogen-bond donors (Lipinski definition) is 1. The molecule has 196 valence electrons. The number of ether oxygens (including phenoxy) is 3.